The smallest absolute Gasteiger partial charge is 0.163 e. The Labute approximate surface area is 159 Å². The third-order valence-corrected chi connectivity index (χ3v) is 6.39. The van der Waals surface area contributed by atoms with Crippen LogP contribution in [-0.4, -0.2) is 45.5 Å². The maximum atomic E-state index is 14.1. The number of nitrogens with zero attached hydrogens (tertiary/aromatic N) is 4. The van der Waals surface area contributed by atoms with Gasteiger partial charge in [-0.05, 0) is 50.8 Å². The van der Waals surface area contributed by atoms with E-state index in [1.807, 2.05) is 13.1 Å². The fourth-order valence-electron chi connectivity index (χ4n) is 4.78. The Hall–Kier alpha value is -1.79. The van der Waals surface area contributed by atoms with E-state index in [0.717, 1.165) is 45.0 Å². The highest BCUT2D eigenvalue weighted by molar-refractivity contribution is 5.19. The van der Waals surface area contributed by atoms with Crippen molar-refractivity contribution in [1.29, 1.82) is 0 Å². The summed E-state index contributed by atoms with van der Waals surface area (Å²) in [5, 5.41) is 0. The number of rotatable bonds is 4. The molecule has 0 amide bonds. The zero-order valence-electron chi connectivity index (χ0n) is 16.2. The number of benzene rings is 1. The van der Waals surface area contributed by atoms with E-state index in [0.29, 0.717) is 12.1 Å². The Morgan fingerprint density at radius 1 is 1.07 bits per heavy atom. The van der Waals surface area contributed by atoms with Crippen LogP contribution >= 0.6 is 0 Å². The first-order valence-corrected chi connectivity index (χ1v) is 9.81. The molecule has 2 aliphatic rings. The molecule has 2 saturated heterocycles. The van der Waals surface area contributed by atoms with Gasteiger partial charge < -0.3 is 4.57 Å². The molecule has 1 aromatic carbocycles. The standard InChI is InChI=1S/C21H28F2N4/c1-16-24-11-18(25(16)2)13-27-10-8-21(15-27)7-4-9-26(14-21)12-17-5-3-6-19(22)20(17)23/h3,5-6,11H,4,7-10,12-15H2,1-2H3. The largest absolute Gasteiger partial charge is 0.334 e. The fraction of sp³-hybridized carbons (Fsp3) is 0.571. The molecule has 1 atom stereocenters. The average molecular weight is 374 g/mol. The van der Waals surface area contributed by atoms with Crippen LogP contribution < -0.4 is 0 Å². The predicted octanol–water partition coefficient (Wildman–Crippen LogP) is 3.49. The molecule has 0 saturated carbocycles. The van der Waals surface area contributed by atoms with Gasteiger partial charge in [-0.15, -0.1) is 0 Å². The molecule has 0 aliphatic carbocycles. The summed E-state index contributed by atoms with van der Waals surface area (Å²) in [5.41, 5.74) is 1.99. The molecule has 4 nitrogen and oxygen atoms in total. The first kappa shape index (κ1) is 18.6. The number of piperidine rings is 1. The van der Waals surface area contributed by atoms with Crippen molar-refractivity contribution in [2.75, 3.05) is 26.2 Å². The SMILES string of the molecule is Cc1ncc(CN2CCC3(CCCN(Cc4cccc(F)c4F)C3)C2)n1C. The second kappa shape index (κ2) is 7.32. The van der Waals surface area contributed by atoms with Gasteiger partial charge in [0.2, 0.25) is 0 Å². The van der Waals surface area contributed by atoms with E-state index in [2.05, 4.69) is 26.4 Å². The zero-order chi connectivity index (χ0) is 19.0. The van der Waals surface area contributed by atoms with E-state index in [1.54, 1.807) is 12.1 Å². The highest BCUT2D eigenvalue weighted by Gasteiger charge is 2.41. The normalized spacial score (nSPS) is 24.1. The van der Waals surface area contributed by atoms with Crippen LogP contribution in [0.4, 0.5) is 8.78 Å². The van der Waals surface area contributed by atoms with Crippen molar-refractivity contribution in [2.24, 2.45) is 12.5 Å². The van der Waals surface area contributed by atoms with Gasteiger partial charge in [-0.2, -0.15) is 0 Å². The van der Waals surface area contributed by atoms with E-state index in [1.165, 1.54) is 24.6 Å². The lowest BCUT2D eigenvalue weighted by Gasteiger charge is -2.40. The predicted molar refractivity (Wildman–Crippen MR) is 101 cm³/mol. The molecule has 2 aliphatic heterocycles. The van der Waals surface area contributed by atoms with Crippen molar-refractivity contribution in [3.05, 3.63) is 53.1 Å². The van der Waals surface area contributed by atoms with E-state index >= 15 is 0 Å². The van der Waals surface area contributed by atoms with Crippen LogP contribution in [-0.2, 0) is 20.1 Å². The molecule has 1 aromatic heterocycles. The number of hydrogen-bond donors (Lipinski definition) is 0. The fourth-order valence-corrected chi connectivity index (χ4v) is 4.78. The van der Waals surface area contributed by atoms with Crippen molar-refractivity contribution in [1.82, 2.24) is 19.4 Å². The van der Waals surface area contributed by atoms with Crippen LogP contribution in [0.1, 0.15) is 36.3 Å². The van der Waals surface area contributed by atoms with Crippen molar-refractivity contribution < 1.29 is 8.78 Å². The van der Waals surface area contributed by atoms with E-state index < -0.39 is 11.6 Å². The lowest BCUT2D eigenvalue weighted by molar-refractivity contribution is 0.0854. The van der Waals surface area contributed by atoms with E-state index in [-0.39, 0.29) is 5.41 Å². The van der Waals surface area contributed by atoms with Gasteiger partial charge in [0.15, 0.2) is 11.6 Å². The summed E-state index contributed by atoms with van der Waals surface area (Å²) in [5.74, 6) is -0.408. The van der Waals surface area contributed by atoms with Crippen LogP contribution in [0.25, 0.3) is 0 Å². The molecule has 0 radical (unpaired) electrons. The lowest BCUT2D eigenvalue weighted by atomic mass is 9.79. The lowest BCUT2D eigenvalue weighted by Crippen LogP contribution is -2.44. The molecule has 1 unspecified atom stereocenters. The zero-order valence-corrected chi connectivity index (χ0v) is 16.2. The summed E-state index contributed by atoms with van der Waals surface area (Å²) in [6.45, 7) is 7.53. The number of likely N-dealkylation sites (tertiary alicyclic amines) is 2. The molecule has 0 bridgehead atoms. The van der Waals surface area contributed by atoms with E-state index in [9.17, 15) is 8.78 Å². The summed E-state index contributed by atoms with van der Waals surface area (Å²) >= 11 is 0. The molecule has 6 heteroatoms. The Morgan fingerprint density at radius 3 is 2.59 bits per heavy atom. The minimum atomic E-state index is -0.752. The quantitative estimate of drug-likeness (QED) is 0.819. The summed E-state index contributed by atoms with van der Waals surface area (Å²) < 4.78 is 29.7. The highest BCUT2D eigenvalue weighted by Crippen LogP contribution is 2.40. The van der Waals surface area contributed by atoms with Gasteiger partial charge >= 0.3 is 0 Å². The minimum absolute atomic E-state index is 0.274. The summed E-state index contributed by atoms with van der Waals surface area (Å²) in [7, 11) is 2.07. The minimum Gasteiger partial charge on any atom is -0.334 e. The molecule has 2 fully saturated rings. The molecule has 0 N–H and O–H groups in total. The number of halogens is 2. The molecule has 146 valence electrons. The number of hydrogen-bond acceptors (Lipinski definition) is 3. The third-order valence-electron chi connectivity index (χ3n) is 6.39. The van der Waals surface area contributed by atoms with Crippen LogP contribution in [0.15, 0.2) is 24.4 Å². The number of aromatic nitrogens is 2. The van der Waals surface area contributed by atoms with Gasteiger partial charge in [-0.25, -0.2) is 13.8 Å². The van der Waals surface area contributed by atoms with Gasteiger partial charge in [0.1, 0.15) is 5.82 Å². The van der Waals surface area contributed by atoms with Gasteiger partial charge in [0.25, 0.3) is 0 Å². The third kappa shape index (κ3) is 3.78. The van der Waals surface area contributed by atoms with Crippen molar-refractivity contribution >= 4 is 0 Å². The van der Waals surface area contributed by atoms with Crippen molar-refractivity contribution in [3.63, 3.8) is 0 Å². The molecular weight excluding hydrogens is 346 g/mol. The van der Waals surface area contributed by atoms with Crippen LogP contribution in [0.5, 0.6) is 0 Å². The van der Waals surface area contributed by atoms with Crippen molar-refractivity contribution in [2.45, 2.75) is 39.3 Å². The monoisotopic (exact) mass is 374 g/mol. The molecule has 27 heavy (non-hydrogen) atoms. The maximum absolute atomic E-state index is 14.1. The second-order valence-electron chi connectivity index (χ2n) is 8.34. The average Bonchev–Trinajstić information content (AvgIpc) is 3.17. The van der Waals surface area contributed by atoms with Crippen LogP contribution in [0, 0.1) is 24.0 Å². The van der Waals surface area contributed by atoms with Gasteiger partial charge in [-0.3, -0.25) is 9.80 Å². The van der Waals surface area contributed by atoms with Crippen LogP contribution in [0.3, 0.4) is 0 Å². The Bertz CT molecular complexity index is 819. The summed E-state index contributed by atoms with van der Waals surface area (Å²) in [6.07, 6.45) is 5.48. The summed E-state index contributed by atoms with van der Waals surface area (Å²) in [6, 6.07) is 4.48. The first-order chi connectivity index (χ1) is 13.0. The Kier molecular flexibility index (Phi) is 5.03. The molecule has 4 rings (SSSR count). The number of imidazole rings is 1. The first-order valence-electron chi connectivity index (χ1n) is 9.81. The molecular formula is C21H28F2N4. The maximum Gasteiger partial charge on any atom is 0.163 e. The molecule has 3 heterocycles. The molecule has 1 spiro atoms. The van der Waals surface area contributed by atoms with Crippen LogP contribution in [0.2, 0.25) is 0 Å². The van der Waals surface area contributed by atoms with Gasteiger partial charge in [0.05, 0.1) is 5.69 Å². The highest BCUT2D eigenvalue weighted by atomic mass is 19.2. The Morgan fingerprint density at radius 2 is 1.85 bits per heavy atom. The second-order valence-corrected chi connectivity index (χ2v) is 8.34. The van der Waals surface area contributed by atoms with Crippen molar-refractivity contribution in [3.8, 4) is 0 Å². The van der Waals surface area contributed by atoms with Gasteiger partial charge in [0, 0.05) is 45.0 Å². The van der Waals surface area contributed by atoms with Gasteiger partial charge in [-0.1, -0.05) is 12.1 Å². The molecule has 2 aromatic rings. The topological polar surface area (TPSA) is 24.3 Å². The van der Waals surface area contributed by atoms with E-state index in [4.69, 9.17) is 0 Å². The Balaban J connectivity index is 1.40. The number of aryl methyl sites for hydroxylation is 1. The summed E-state index contributed by atoms with van der Waals surface area (Å²) in [4.78, 5) is 9.22.